The van der Waals surface area contributed by atoms with Crippen molar-refractivity contribution >= 4 is 52.5 Å². The highest BCUT2D eigenvalue weighted by Crippen LogP contribution is 2.38. The van der Waals surface area contributed by atoms with E-state index in [2.05, 4.69) is 17.2 Å². The Morgan fingerprint density at radius 3 is 2.56 bits per heavy atom. The summed E-state index contributed by atoms with van der Waals surface area (Å²) in [4.78, 5) is 32.1. The van der Waals surface area contributed by atoms with E-state index in [0.717, 1.165) is 42.8 Å². The lowest BCUT2D eigenvalue weighted by atomic mass is 9.86. The van der Waals surface area contributed by atoms with Gasteiger partial charge in [-0.25, -0.2) is 9.18 Å². The van der Waals surface area contributed by atoms with E-state index < -0.39 is 10.7 Å². The first-order valence-corrected chi connectivity index (χ1v) is 14.5. The lowest BCUT2D eigenvalue weighted by Gasteiger charge is -2.36. The first kappa shape index (κ1) is 27.2. The van der Waals surface area contributed by atoms with Crippen molar-refractivity contribution in [3.8, 4) is 0 Å². The Morgan fingerprint density at radius 1 is 1.24 bits per heavy atom. The van der Waals surface area contributed by atoms with Gasteiger partial charge in [0.05, 0.1) is 11.1 Å². The summed E-state index contributed by atoms with van der Waals surface area (Å²) in [5, 5.41) is 12.9. The van der Waals surface area contributed by atoms with Gasteiger partial charge in [0.1, 0.15) is 10.6 Å². The summed E-state index contributed by atoms with van der Waals surface area (Å²) in [5.74, 6) is 0.447. The molecule has 10 heteroatoms. The number of carboxylic acids is 1. The highest BCUT2D eigenvalue weighted by Gasteiger charge is 2.35. The van der Waals surface area contributed by atoms with Crippen LogP contribution in [0.3, 0.4) is 0 Å². The van der Waals surface area contributed by atoms with Crippen LogP contribution in [0.4, 0.5) is 9.18 Å². The molecule has 1 aromatic carbocycles. The number of carboxylic acid groups (broad SMARTS) is 1. The Balaban J connectivity index is 1.53. The van der Waals surface area contributed by atoms with E-state index >= 15 is 0 Å². The Kier molecular flexibility index (Phi) is 10.0. The van der Waals surface area contributed by atoms with E-state index in [-0.39, 0.29) is 22.5 Å². The maximum Gasteiger partial charge on any atom is 0.323 e. The number of nitrogens with zero attached hydrogens (tertiary/aromatic N) is 2. The maximum atomic E-state index is 13.3. The maximum absolute atomic E-state index is 13.3. The van der Waals surface area contributed by atoms with Gasteiger partial charge >= 0.3 is 12.0 Å². The molecule has 1 saturated carbocycles. The second kappa shape index (κ2) is 12.5. The number of thioether (sulfide) groups is 3. The van der Waals surface area contributed by atoms with Crippen molar-refractivity contribution in [1.82, 2.24) is 10.2 Å². The molecule has 0 saturated heterocycles. The summed E-state index contributed by atoms with van der Waals surface area (Å²) in [7, 11) is 0. The van der Waals surface area contributed by atoms with Gasteiger partial charge in [-0.05, 0) is 81.9 Å². The zero-order valence-electron chi connectivity index (χ0n) is 20.0. The summed E-state index contributed by atoms with van der Waals surface area (Å²) in [6.07, 6.45) is 5.09. The van der Waals surface area contributed by atoms with Crippen molar-refractivity contribution in [3.05, 3.63) is 30.1 Å². The van der Waals surface area contributed by atoms with Gasteiger partial charge < -0.3 is 10.0 Å². The summed E-state index contributed by atoms with van der Waals surface area (Å²) in [5.41, 5.74) is 0. The molecule has 1 fully saturated rings. The first-order valence-electron chi connectivity index (χ1n) is 11.7. The highest BCUT2D eigenvalue weighted by atomic mass is 32.2. The van der Waals surface area contributed by atoms with Crippen LogP contribution in [0.2, 0.25) is 0 Å². The highest BCUT2D eigenvalue weighted by molar-refractivity contribution is 8.25. The summed E-state index contributed by atoms with van der Waals surface area (Å²) in [6.45, 7) is 6.78. The molecule has 188 valence electrons. The lowest BCUT2D eigenvalue weighted by Crippen LogP contribution is -2.49. The molecule has 0 spiro atoms. The van der Waals surface area contributed by atoms with E-state index in [1.807, 2.05) is 4.90 Å². The van der Waals surface area contributed by atoms with Crippen LogP contribution in [0, 0.1) is 11.7 Å². The number of hydrogen-bond acceptors (Lipinski definition) is 6. The fourth-order valence-corrected chi connectivity index (χ4v) is 7.61. The Hall–Kier alpha value is -1.39. The van der Waals surface area contributed by atoms with Crippen molar-refractivity contribution in [2.45, 2.75) is 73.1 Å². The number of urea groups is 1. The number of nitrogens with one attached hydrogen (secondary N) is 1. The minimum absolute atomic E-state index is 0.0301. The van der Waals surface area contributed by atoms with Crippen molar-refractivity contribution in [2.75, 3.05) is 18.8 Å². The van der Waals surface area contributed by atoms with Gasteiger partial charge in [-0.1, -0.05) is 18.7 Å². The number of amides is 2. The predicted molar refractivity (Wildman–Crippen MR) is 141 cm³/mol. The van der Waals surface area contributed by atoms with Gasteiger partial charge in [-0.3, -0.25) is 15.1 Å². The number of halogens is 1. The number of benzene rings is 1. The van der Waals surface area contributed by atoms with E-state index in [1.54, 1.807) is 37.7 Å². The zero-order valence-corrected chi connectivity index (χ0v) is 22.4. The molecule has 1 aliphatic carbocycles. The molecular weight excluding hydrogens is 493 g/mol. The van der Waals surface area contributed by atoms with Crippen LogP contribution >= 0.6 is 35.3 Å². The van der Waals surface area contributed by atoms with E-state index in [0.29, 0.717) is 24.2 Å². The van der Waals surface area contributed by atoms with Gasteiger partial charge in [0.2, 0.25) is 0 Å². The molecule has 1 aromatic rings. The average molecular weight is 528 g/mol. The van der Waals surface area contributed by atoms with Gasteiger partial charge in [0.25, 0.3) is 0 Å². The largest absolute Gasteiger partial charge is 0.480 e. The second-order valence-corrected chi connectivity index (χ2v) is 13.8. The van der Waals surface area contributed by atoms with Gasteiger partial charge in [0.15, 0.2) is 5.17 Å². The zero-order chi connectivity index (χ0) is 24.7. The van der Waals surface area contributed by atoms with E-state index in [9.17, 15) is 19.1 Å². The number of aliphatic imine (C=N–C) groups is 1. The van der Waals surface area contributed by atoms with Gasteiger partial charge in [-0.15, -0.1) is 23.5 Å². The molecule has 3 rings (SSSR count). The van der Waals surface area contributed by atoms with Crippen LogP contribution in [-0.2, 0) is 4.79 Å². The van der Waals surface area contributed by atoms with Crippen LogP contribution in [0.15, 0.2) is 34.2 Å². The number of amidine groups is 1. The monoisotopic (exact) mass is 527 g/mol. The smallest absolute Gasteiger partial charge is 0.323 e. The molecule has 0 bridgehead atoms. The van der Waals surface area contributed by atoms with E-state index in [1.165, 1.54) is 35.7 Å². The average Bonchev–Trinajstić information content (AvgIpc) is 3.21. The van der Waals surface area contributed by atoms with Crippen LogP contribution in [0.5, 0.6) is 0 Å². The minimum Gasteiger partial charge on any atom is -0.480 e. The van der Waals surface area contributed by atoms with Crippen molar-refractivity contribution < 1.29 is 19.1 Å². The number of carbonyl (C=O) groups is 2. The summed E-state index contributed by atoms with van der Waals surface area (Å²) >= 11 is 4.46. The van der Waals surface area contributed by atoms with Crippen LogP contribution in [-0.4, -0.2) is 61.4 Å². The van der Waals surface area contributed by atoms with Crippen LogP contribution < -0.4 is 5.32 Å². The molecule has 0 radical (unpaired) electrons. The first-order chi connectivity index (χ1) is 16.1. The number of rotatable bonds is 9. The number of aliphatic carboxylic acids is 1. The van der Waals surface area contributed by atoms with Crippen molar-refractivity contribution in [3.63, 3.8) is 0 Å². The van der Waals surface area contributed by atoms with Crippen molar-refractivity contribution in [1.29, 1.82) is 0 Å². The van der Waals surface area contributed by atoms with Gasteiger partial charge in [0, 0.05) is 17.5 Å². The SMILES string of the molecule is CC1CCC(N(CCCSc2ccc(F)cc2)C(=O)NC2=NCC(SC(C)(C)C(=O)O)S2)CC1. The molecule has 1 heterocycles. The molecule has 1 atom stereocenters. The minimum atomic E-state index is -0.903. The third-order valence-electron chi connectivity index (χ3n) is 6.09. The van der Waals surface area contributed by atoms with Crippen LogP contribution in [0.1, 0.15) is 52.9 Å². The lowest BCUT2D eigenvalue weighted by molar-refractivity contribution is -0.138. The molecule has 2 aliphatic rings. The van der Waals surface area contributed by atoms with E-state index in [4.69, 9.17) is 0 Å². The molecular formula is C24H34FN3O3S3. The normalized spacial score (nSPS) is 22.8. The predicted octanol–water partition coefficient (Wildman–Crippen LogP) is 5.92. The molecule has 2 N–H and O–H groups in total. The second-order valence-electron chi connectivity index (χ2n) is 9.32. The fourth-order valence-electron chi connectivity index (χ4n) is 3.99. The van der Waals surface area contributed by atoms with Gasteiger partial charge in [-0.2, -0.15) is 0 Å². The Bertz CT molecular complexity index is 874. The quantitative estimate of drug-likeness (QED) is 0.306. The Morgan fingerprint density at radius 2 is 1.91 bits per heavy atom. The van der Waals surface area contributed by atoms with Crippen molar-refractivity contribution in [2.24, 2.45) is 10.9 Å². The summed E-state index contributed by atoms with van der Waals surface area (Å²) in [6, 6.07) is 6.59. The Labute approximate surface area is 214 Å². The third kappa shape index (κ3) is 8.09. The molecule has 2 amide bonds. The number of carbonyl (C=O) groups excluding carboxylic acids is 1. The van der Waals surface area contributed by atoms with Crippen LogP contribution in [0.25, 0.3) is 0 Å². The molecule has 1 unspecified atom stereocenters. The standard InChI is InChI=1S/C24H34FN3O3S3/c1-16-5-9-18(10-6-16)28(13-4-14-32-19-11-7-17(25)8-12-19)23(31)27-22-26-15-20(33-22)34-24(2,3)21(29)30/h7-8,11-12,16,18,20H,4-6,9-10,13-15H2,1-3H3,(H,29,30)(H,26,27,31). The molecule has 0 aromatic heterocycles. The summed E-state index contributed by atoms with van der Waals surface area (Å²) < 4.78 is 12.2. The third-order valence-corrected chi connectivity index (χ3v) is 9.81. The molecule has 6 nitrogen and oxygen atoms in total. The molecule has 1 aliphatic heterocycles. The fraction of sp³-hybridized carbons (Fsp3) is 0.625. The number of hydrogen-bond donors (Lipinski definition) is 2. The molecule has 34 heavy (non-hydrogen) atoms. The topological polar surface area (TPSA) is 82.0 Å².